The van der Waals surface area contributed by atoms with Crippen molar-refractivity contribution < 1.29 is 4.79 Å². The predicted molar refractivity (Wildman–Crippen MR) is 73.5 cm³/mol. The maximum Gasteiger partial charge on any atom is 0.223 e. The van der Waals surface area contributed by atoms with Crippen LogP contribution < -0.4 is 5.32 Å². The maximum absolute atomic E-state index is 12.2. The summed E-state index contributed by atoms with van der Waals surface area (Å²) in [5.74, 6) is 0.538. The summed E-state index contributed by atoms with van der Waals surface area (Å²) >= 11 is 0. The summed E-state index contributed by atoms with van der Waals surface area (Å²) in [6, 6.07) is 10.6. The van der Waals surface area contributed by atoms with Gasteiger partial charge in [0.05, 0.1) is 0 Å². The van der Waals surface area contributed by atoms with Gasteiger partial charge in [-0.3, -0.25) is 4.79 Å². The molecule has 3 nitrogen and oxygen atoms in total. The van der Waals surface area contributed by atoms with E-state index in [-0.39, 0.29) is 11.8 Å². The van der Waals surface area contributed by atoms with Gasteiger partial charge in [-0.2, -0.15) is 0 Å². The van der Waals surface area contributed by atoms with Crippen LogP contribution in [0.3, 0.4) is 0 Å². The molecule has 0 bridgehead atoms. The molecule has 1 aliphatic rings. The molecule has 1 aromatic rings. The number of amides is 1. The van der Waals surface area contributed by atoms with Crippen molar-refractivity contribution in [1.29, 1.82) is 0 Å². The van der Waals surface area contributed by atoms with Gasteiger partial charge in [-0.05, 0) is 24.4 Å². The molecule has 1 amide bonds. The number of carbonyl (C=O) groups excluding carboxylic acids is 1. The van der Waals surface area contributed by atoms with Crippen molar-refractivity contribution in [3.8, 4) is 0 Å². The van der Waals surface area contributed by atoms with Gasteiger partial charge in [0.2, 0.25) is 5.91 Å². The Bertz CT molecular complexity index is 385. The Labute approximate surface area is 109 Å². The number of hydrogen-bond donors (Lipinski definition) is 1. The van der Waals surface area contributed by atoms with Gasteiger partial charge in [-0.15, -0.1) is 0 Å². The molecule has 2 unspecified atom stereocenters. The lowest BCUT2D eigenvalue weighted by atomic mass is 9.97. The van der Waals surface area contributed by atoms with Crippen LogP contribution in [0.15, 0.2) is 30.3 Å². The summed E-state index contributed by atoms with van der Waals surface area (Å²) < 4.78 is 0. The van der Waals surface area contributed by atoms with Crippen molar-refractivity contribution in [2.45, 2.75) is 31.7 Å². The number of nitrogens with zero attached hydrogens (tertiary/aromatic N) is 1. The van der Waals surface area contributed by atoms with Crippen LogP contribution in [-0.2, 0) is 4.79 Å². The summed E-state index contributed by atoms with van der Waals surface area (Å²) in [5.41, 5.74) is 1.24. The quantitative estimate of drug-likeness (QED) is 0.881. The van der Waals surface area contributed by atoms with Crippen molar-refractivity contribution in [1.82, 2.24) is 10.2 Å². The first-order valence-electron chi connectivity index (χ1n) is 6.70. The number of likely N-dealkylation sites (N-methyl/N-ethyl adjacent to an activating group) is 1. The van der Waals surface area contributed by atoms with Gasteiger partial charge in [0.1, 0.15) is 0 Å². The molecule has 0 spiro atoms. The zero-order valence-corrected chi connectivity index (χ0v) is 11.2. The topological polar surface area (TPSA) is 32.3 Å². The highest BCUT2D eigenvalue weighted by atomic mass is 16.2. The van der Waals surface area contributed by atoms with Gasteiger partial charge in [0.25, 0.3) is 0 Å². The van der Waals surface area contributed by atoms with Crippen LogP contribution in [-0.4, -0.2) is 37.0 Å². The minimum absolute atomic E-state index is 0.250. The summed E-state index contributed by atoms with van der Waals surface area (Å²) in [6.45, 7) is 4.08. The SMILES string of the molecule is CC(CC(=O)N(C)C1CCNC1)c1ccccc1. The lowest BCUT2D eigenvalue weighted by Gasteiger charge is -2.25. The molecular weight excluding hydrogens is 224 g/mol. The molecule has 0 radical (unpaired) electrons. The standard InChI is InChI=1S/C15H22N2O/c1-12(13-6-4-3-5-7-13)10-15(18)17(2)14-8-9-16-11-14/h3-7,12,14,16H,8-11H2,1-2H3. The minimum atomic E-state index is 0.250. The maximum atomic E-state index is 12.2. The van der Waals surface area contributed by atoms with Crippen molar-refractivity contribution in [3.63, 3.8) is 0 Å². The second-order valence-corrected chi connectivity index (χ2v) is 5.17. The molecule has 0 aromatic heterocycles. The summed E-state index contributed by atoms with van der Waals surface area (Å²) in [6.07, 6.45) is 1.67. The molecule has 98 valence electrons. The Balaban J connectivity index is 1.90. The fourth-order valence-corrected chi connectivity index (χ4v) is 2.48. The van der Waals surface area contributed by atoms with Crippen LogP contribution >= 0.6 is 0 Å². The monoisotopic (exact) mass is 246 g/mol. The first-order chi connectivity index (χ1) is 8.68. The van der Waals surface area contributed by atoms with E-state index in [1.54, 1.807) is 0 Å². The molecule has 18 heavy (non-hydrogen) atoms. The van der Waals surface area contributed by atoms with Gasteiger partial charge < -0.3 is 10.2 Å². The summed E-state index contributed by atoms with van der Waals surface area (Å²) in [5, 5.41) is 3.30. The van der Waals surface area contributed by atoms with E-state index in [4.69, 9.17) is 0 Å². The molecule has 0 aliphatic carbocycles. The molecule has 0 saturated carbocycles. The molecule has 2 atom stereocenters. The molecule has 3 heteroatoms. The highest BCUT2D eigenvalue weighted by Crippen LogP contribution is 2.20. The third-order valence-corrected chi connectivity index (χ3v) is 3.82. The summed E-state index contributed by atoms with van der Waals surface area (Å²) in [7, 11) is 1.93. The number of rotatable bonds is 4. The second-order valence-electron chi connectivity index (χ2n) is 5.17. The van der Waals surface area contributed by atoms with Crippen LogP contribution in [0.2, 0.25) is 0 Å². The van der Waals surface area contributed by atoms with E-state index in [0.717, 1.165) is 19.5 Å². The van der Waals surface area contributed by atoms with Gasteiger partial charge in [-0.1, -0.05) is 37.3 Å². The molecular formula is C15H22N2O. The van der Waals surface area contributed by atoms with E-state index < -0.39 is 0 Å². The number of nitrogens with one attached hydrogen (secondary N) is 1. The fraction of sp³-hybridized carbons (Fsp3) is 0.533. The average Bonchev–Trinajstić information content (AvgIpc) is 2.92. The molecule has 1 aromatic carbocycles. The van der Waals surface area contributed by atoms with Gasteiger partial charge >= 0.3 is 0 Å². The Morgan fingerprint density at radius 2 is 2.17 bits per heavy atom. The molecule has 1 aliphatic heterocycles. The Kier molecular flexibility index (Phi) is 4.37. The van der Waals surface area contributed by atoms with Gasteiger partial charge in [-0.25, -0.2) is 0 Å². The first kappa shape index (κ1) is 13.1. The third-order valence-electron chi connectivity index (χ3n) is 3.82. The Hall–Kier alpha value is -1.35. The zero-order valence-electron chi connectivity index (χ0n) is 11.2. The number of benzene rings is 1. The Morgan fingerprint density at radius 1 is 1.44 bits per heavy atom. The second kappa shape index (κ2) is 6.01. The van der Waals surface area contributed by atoms with Crippen LogP contribution in [0, 0.1) is 0 Å². The lowest BCUT2D eigenvalue weighted by Crippen LogP contribution is -2.38. The van der Waals surface area contributed by atoms with E-state index in [9.17, 15) is 4.79 Å². The molecule has 1 heterocycles. The Morgan fingerprint density at radius 3 is 2.78 bits per heavy atom. The largest absolute Gasteiger partial charge is 0.341 e. The third kappa shape index (κ3) is 3.10. The van der Waals surface area contributed by atoms with Crippen LogP contribution in [0.5, 0.6) is 0 Å². The fourth-order valence-electron chi connectivity index (χ4n) is 2.48. The highest BCUT2D eigenvalue weighted by Gasteiger charge is 2.24. The predicted octanol–water partition coefficient (Wildman–Crippen LogP) is 2.00. The van der Waals surface area contributed by atoms with E-state index in [0.29, 0.717) is 12.5 Å². The van der Waals surface area contributed by atoms with Crippen molar-refractivity contribution in [2.75, 3.05) is 20.1 Å². The van der Waals surface area contributed by atoms with Crippen LogP contribution in [0.4, 0.5) is 0 Å². The molecule has 1 N–H and O–H groups in total. The van der Waals surface area contributed by atoms with Crippen LogP contribution in [0.25, 0.3) is 0 Å². The smallest absolute Gasteiger partial charge is 0.223 e. The van der Waals surface area contributed by atoms with Gasteiger partial charge in [0, 0.05) is 26.1 Å². The first-order valence-corrected chi connectivity index (χ1v) is 6.70. The molecule has 1 saturated heterocycles. The van der Waals surface area contributed by atoms with E-state index in [1.165, 1.54) is 5.56 Å². The molecule has 1 fully saturated rings. The zero-order chi connectivity index (χ0) is 13.0. The van der Waals surface area contributed by atoms with Gasteiger partial charge in [0.15, 0.2) is 0 Å². The minimum Gasteiger partial charge on any atom is -0.341 e. The van der Waals surface area contributed by atoms with Crippen molar-refractivity contribution >= 4 is 5.91 Å². The normalized spacial score (nSPS) is 20.7. The van der Waals surface area contributed by atoms with E-state index >= 15 is 0 Å². The molecule has 2 rings (SSSR count). The van der Waals surface area contributed by atoms with Crippen molar-refractivity contribution in [3.05, 3.63) is 35.9 Å². The van der Waals surface area contributed by atoms with Crippen LogP contribution in [0.1, 0.15) is 31.2 Å². The highest BCUT2D eigenvalue weighted by molar-refractivity contribution is 5.77. The van der Waals surface area contributed by atoms with Crippen molar-refractivity contribution in [2.24, 2.45) is 0 Å². The van der Waals surface area contributed by atoms with E-state index in [1.807, 2.05) is 30.1 Å². The number of hydrogen-bond acceptors (Lipinski definition) is 2. The average molecular weight is 246 g/mol. The van der Waals surface area contributed by atoms with E-state index in [2.05, 4.69) is 24.4 Å². The number of carbonyl (C=O) groups is 1. The summed E-state index contributed by atoms with van der Waals surface area (Å²) in [4.78, 5) is 14.1. The lowest BCUT2D eigenvalue weighted by molar-refractivity contribution is -0.132.